The van der Waals surface area contributed by atoms with Gasteiger partial charge in [-0.15, -0.1) is 0 Å². The van der Waals surface area contributed by atoms with Crippen LogP contribution in [0, 0.1) is 0 Å². The molecule has 20 heavy (non-hydrogen) atoms. The van der Waals surface area contributed by atoms with Crippen molar-refractivity contribution >= 4 is 23.3 Å². The molecule has 5 nitrogen and oxygen atoms in total. The Morgan fingerprint density at radius 3 is 2.65 bits per heavy atom. The molecule has 0 atom stereocenters. The monoisotopic (exact) mass is 310 g/mol. The second-order valence-electron chi connectivity index (χ2n) is 3.92. The number of nitrogens with zero attached hydrogens (tertiary/aromatic N) is 2. The van der Waals surface area contributed by atoms with Crippen LogP contribution in [0.5, 0.6) is 0 Å². The molecular weight excluding hydrogens is 297 g/mol. The fourth-order valence-electron chi connectivity index (χ4n) is 1.29. The molecule has 0 saturated carbocycles. The Bertz CT molecular complexity index is 467. The summed E-state index contributed by atoms with van der Waals surface area (Å²) in [5, 5.41) is 4.94. The number of nitrogens with one attached hydrogen (secondary N) is 2. The molecule has 0 radical (unpaired) electrons. The standard InChI is InChI=1S/C11H14ClF3N4O/c1-2-4-17-9(20)3-5-16-8-6-7(12)18-10(19-8)11(13,14)15/h6H,2-5H2,1H3,(H,17,20)(H,16,18,19). The summed E-state index contributed by atoms with van der Waals surface area (Å²) in [4.78, 5) is 17.7. The highest BCUT2D eigenvalue weighted by atomic mass is 35.5. The number of rotatable bonds is 6. The Hall–Kier alpha value is -1.57. The number of amides is 1. The van der Waals surface area contributed by atoms with Gasteiger partial charge in [0.25, 0.3) is 0 Å². The maximum Gasteiger partial charge on any atom is 0.451 e. The molecule has 0 unspecified atom stereocenters. The first-order valence-electron chi connectivity index (χ1n) is 5.95. The lowest BCUT2D eigenvalue weighted by atomic mass is 10.3. The number of halogens is 4. The predicted octanol–water partition coefficient (Wildman–Crippen LogP) is 2.48. The molecule has 0 bridgehead atoms. The van der Waals surface area contributed by atoms with Crippen molar-refractivity contribution in [3.63, 3.8) is 0 Å². The molecule has 1 aromatic rings. The van der Waals surface area contributed by atoms with Crippen LogP contribution in [0.4, 0.5) is 19.0 Å². The molecule has 0 saturated heterocycles. The smallest absolute Gasteiger partial charge is 0.369 e. The summed E-state index contributed by atoms with van der Waals surface area (Å²) < 4.78 is 37.4. The van der Waals surface area contributed by atoms with Crippen molar-refractivity contribution in [1.82, 2.24) is 15.3 Å². The Morgan fingerprint density at radius 2 is 2.05 bits per heavy atom. The molecule has 0 aromatic carbocycles. The van der Waals surface area contributed by atoms with Crippen molar-refractivity contribution < 1.29 is 18.0 Å². The number of aromatic nitrogens is 2. The van der Waals surface area contributed by atoms with Gasteiger partial charge in [-0.1, -0.05) is 18.5 Å². The Labute approximate surface area is 118 Å². The third-order valence-corrected chi connectivity index (χ3v) is 2.37. The van der Waals surface area contributed by atoms with Crippen LogP contribution in [0.15, 0.2) is 6.07 Å². The molecule has 112 valence electrons. The summed E-state index contributed by atoms with van der Waals surface area (Å²) in [7, 11) is 0. The summed E-state index contributed by atoms with van der Waals surface area (Å²) in [6.45, 7) is 2.64. The highest BCUT2D eigenvalue weighted by Gasteiger charge is 2.35. The third kappa shape index (κ3) is 5.60. The van der Waals surface area contributed by atoms with Gasteiger partial charge in [0.15, 0.2) is 0 Å². The van der Waals surface area contributed by atoms with Crippen LogP contribution in [0.1, 0.15) is 25.6 Å². The predicted molar refractivity (Wildman–Crippen MR) is 68.5 cm³/mol. The molecule has 1 heterocycles. The fraction of sp³-hybridized carbons (Fsp3) is 0.545. The number of alkyl halides is 3. The van der Waals surface area contributed by atoms with Crippen molar-refractivity contribution in [3.05, 3.63) is 17.0 Å². The van der Waals surface area contributed by atoms with E-state index >= 15 is 0 Å². The van der Waals surface area contributed by atoms with E-state index in [0.717, 1.165) is 6.42 Å². The largest absolute Gasteiger partial charge is 0.451 e. The van der Waals surface area contributed by atoms with Gasteiger partial charge >= 0.3 is 6.18 Å². The van der Waals surface area contributed by atoms with E-state index in [4.69, 9.17) is 11.6 Å². The molecule has 0 aliphatic rings. The van der Waals surface area contributed by atoms with Crippen LogP contribution in [-0.4, -0.2) is 29.0 Å². The first-order valence-corrected chi connectivity index (χ1v) is 6.33. The number of hydrogen-bond acceptors (Lipinski definition) is 4. The molecule has 9 heteroatoms. The van der Waals surface area contributed by atoms with E-state index in [1.165, 1.54) is 6.07 Å². The second-order valence-corrected chi connectivity index (χ2v) is 4.31. The van der Waals surface area contributed by atoms with Crippen LogP contribution in [0.2, 0.25) is 5.15 Å². The molecule has 1 rings (SSSR count). The molecule has 0 fully saturated rings. The highest BCUT2D eigenvalue weighted by molar-refractivity contribution is 6.29. The van der Waals surface area contributed by atoms with Crippen molar-refractivity contribution in [2.45, 2.75) is 25.9 Å². The topological polar surface area (TPSA) is 66.9 Å². The summed E-state index contributed by atoms with van der Waals surface area (Å²) in [5.41, 5.74) is 0. The number of anilines is 1. The molecule has 1 amide bonds. The van der Waals surface area contributed by atoms with Gasteiger partial charge in [-0.25, -0.2) is 9.97 Å². The van der Waals surface area contributed by atoms with Crippen molar-refractivity contribution in [2.24, 2.45) is 0 Å². The summed E-state index contributed by atoms with van der Waals surface area (Å²) >= 11 is 5.50. The average molecular weight is 311 g/mol. The van der Waals surface area contributed by atoms with Gasteiger partial charge < -0.3 is 10.6 Å². The maximum atomic E-state index is 12.5. The van der Waals surface area contributed by atoms with Crippen LogP contribution >= 0.6 is 11.6 Å². The van der Waals surface area contributed by atoms with E-state index in [1.54, 1.807) is 0 Å². The third-order valence-electron chi connectivity index (χ3n) is 2.18. The van der Waals surface area contributed by atoms with E-state index in [2.05, 4.69) is 20.6 Å². The summed E-state index contributed by atoms with van der Waals surface area (Å²) in [6.07, 6.45) is -3.72. The van der Waals surface area contributed by atoms with Gasteiger partial charge in [0, 0.05) is 25.6 Å². The van der Waals surface area contributed by atoms with Crippen molar-refractivity contribution in [1.29, 1.82) is 0 Å². The summed E-state index contributed by atoms with van der Waals surface area (Å²) in [5.74, 6) is -1.57. The minimum Gasteiger partial charge on any atom is -0.369 e. The molecule has 0 spiro atoms. The zero-order valence-electron chi connectivity index (χ0n) is 10.7. The lowest BCUT2D eigenvalue weighted by Crippen LogP contribution is -2.26. The van der Waals surface area contributed by atoms with E-state index in [1.807, 2.05) is 6.92 Å². The van der Waals surface area contributed by atoms with Gasteiger partial charge in [0.05, 0.1) is 0 Å². The SMILES string of the molecule is CCCNC(=O)CCNc1cc(Cl)nc(C(F)(F)F)n1. The van der Waals surface area contributed by atoms with Crippen molar-refractivity contribution in [2.75, 3.05) is 18.4 Å². The molecule has 1 aromatic heterocycles. The van der Waals surface area contributed by atoms with E-state index in [9.17, 15) is 18.0 Å². The van der Waals surface area contributed by atoms with Crippen LogP contribution in [-0.2, 0) is 11.0 Å². The first kappa shape index (κ1) is 16.5. The Morgan fingerprint density at radius 1 is 1.35 bits per heavy atom. The average Bonchev–Trinajstić information content (AvgIpc) is 2.34. The molecule has 0 aliphatic carbocycles. The quantitative estimate of drug-likeness (QED) is 0.792. The van der Waals surface area contributed by atoms with Gasteiger partial charge in [-0.3, -0.25) is 4.79 Å². The van der Waals surface area contributed by atoms with Gasteiger partial charge in [-0.2, -0.15) is 13.2 Å². The highest BCUT2D eigenvalue weighted by Crippen LogP contribution is 2.28. The minimum atomic E-state index is -4.67. The Balaban J connectivity index is 2.56. The van der Waals surface area contributed by atoms with Crippen LogP contribution < -0.4 is 10.6 Å². The molecule has 2 N–H and O–H groups in total. The zero-order chi connectivity index (χ0) is 15.2. The zero-order valence-corrected chi connectivity index (χ0v) is 11.5. The lowest BCUT2D eigenvalue weighted by molar-refractivity contribution is -0.144. The summed E-state index contributed by atoms with van der Waals surface area (Å²) in [6, 6.07) is 1.17. The second kappa shape index (κ2) is 7.28. The van der Waals surface area contributed by atoms with E-state index in [0.29, 0.717) is 6.54 Å². The van der Waals surface area contributed by atoms with E-state index < -0.39 is 12.0 Å². The Kier molecular flexibility index (Phi) is 6.00. The number of hydrogen-bond donors (Lipinski definition) is 2. The molecular formula is C11H14ClF3N4O. The number of carbonyl (C=O) groups excluding carboxylic acids is 1. The van der Waals surface area contributed by atoms with Gasteiger partial charge in [-0.05, 0) is 6.42 Å². The van der Waals surface area contributed by atoms with Gasteiger partial charge in [0.1, 0.15) is 11.0 Å². The van der Waals surface area contributed by atoms with Crippen molar-refractivity contribution in [3.8, 4) is 0 Å². The van der Waals surface area contributed by atoms with Gasteiger partial charge in [0.2, 0.25) is 11.7 Å². The fourth-order valence-corrected chi connectivity index (χ4v) is 1.48. The van der Waals surface area contributed by atoms with E-state index in [-0.39, 0.29) is 29.8 Å². The minimum absolute atomic E-state index is 0.0689. The first-order chi connectivity index (χ1) is 9.32. The normalized spacial score (nSPS) is 11.2. The van der Waals surface area contributed by atoms with Crippen LogP contribution in [0.25, 0.3) is 0 Å². The lowest BCUT2D eigenvalue weighted by Gasteiger charge is -2.09. The maximum absolute atomic E-state index is 12.5. The number of carbonyl (C=O) groups is 1. The molecule has 0 aliphatic heterocycles. The van der Waals surface area contributed by atoms with Crippen LogP contribution in [0.3, 0.4) is 0 Å².